The molecule has 2 N–H and O–H groups in total. The molecule has 1 aliphatic carbocycles. The van der Waals surface area contributed by atoms with Crippen molar-refractivity contribution >= 4 is 39.1 Å². The van der Waals surface area contributed by atoms with Crippen molar-refractivity contribution in [1.82, 2.24) is 5.43 Å². The number of hydrogen-bond acceptors (Lipinski definition) is 4. The minimum absolute atomic E-state index is 0.0451. The number of amides is 2. The van der Waals surface area contributed by atoms with Crippen molar-refractivity contribution in [3.63, 3.8) is 0 Å². The summed E-state index contributed by atoms with van der Waals surface area (Å²) in [6, 6.07) is 19.1. The molecule has 0 radical (unpaired) electrons. The molecule has 1 fully saturated rings. The van der Waals surface area contributed by atoms with Gasteiger partial charge in [0.05, 0.1) is 5.71 Å². The van der Waals surface area contributed by atoms with Crippen LogP contribution in [0.15, 0.2) is 74.9 Å². The van der Waals surface area contributed by atoms with Gasteiger partial charge in [0.1, 0.15) is 0 Å². The summed E-state index contributed by atoms with van der Waals surface area (Å²) < 4.78 is 5.76. The van der Waals surface area contributed by atoms with Crippen LogP contribution in [0.4, 0.5) is 5.69 Å². The lowest BCUT2D eigenvalue weighted by atomic mass is 9.86. The highest BCUT2D eigenvalue weighted by Crippen LogP contribution is 2.47. The van der Waals surface area contributed by atoms with Gasteiger partial charge in [-0.3, -0.25) is 9.59 Å². The number of halogens is 1. The number of benzene rings is 2. The van der Waals surface area contributed by atoms with Crippen molar-refractivity contribution in [3.05, 3.63) is 87.8 Å². The Morgan fingerprint density at radius 3 is 2.26 bits per heavy atom. The normalized spacial score (nSPS) is 17.9. The van der Waals surface area contributed by atoms with E-state index in [1.54, 1.807) is 24.3 Å². The lowest BCUT2D eigenvalue weighted by Crippen LogP contribution is -2.21. The molecule has 6 nitrogen and oxygen atoms in total. The molecular formula is C27H28BrN3O3. The maximum atomic E-state index is 12.6. The number of nitrogens with zero attached hydrogens (tertiary/aromatic N) is 1. The second-order valence-electron chi connectivity index (χ2n) is 9.63. The van der Waals surface area contributed by atoms with E-state index < -0.39 is 0 Å². The highest BCUT2D eigenvalue weighted by Gasteiger charge is 2.44. The van der Waals surface area contributed by atoms with Crippen LogP contribution in [0.3, 0.4) is 0 Å². The van der Waals surface area contributed by atoms with Crippen LogP contribution in [0.1, 0.15) is 67.3 Å². The first-order chi connectivity index (χ1) is 16.1. The zero-order chi connectivity index (χ0) is 24.5. The Morgan fingerprint density at radius 1 is 1.00 bits per heavy atom. The number of rotatable bonds is 6. The Morgan fingerprint density at radius 2 is 1.68 bits per heavy atom. The highest BCUT2D eigenvalue weighted by atomic mass is 79.9. The van der Waals surface area contributed by atoms with Crippen molar-refractivity contribution in [1.29, 1.82) is 0 Å². The van der Waals surface area contributed by atoms with Gasteiger partial charge in [0.2, 0.25) is 5.91 Å². The summed E-state index contributed by atoms with van der Waals surface area (Å²) in [7, 11) is 0. The monoisotopic (exact) mass is 521 g/mol. The number of carbonyl (C=O) groups is 2. The number of hydrogen-bond donors (Lipinski definition) is 2. The Labute approximate surface area is 208 Å². The smallest absolute Gasteiger partial charge is 0.291 e. The van der Waals surface area contributed by atoms with Gasteiger partial charge in [-0.05, 0) is 81.6 Å². The summed E-state index contributed by atoms with van der Waals surface area (Å²) in [6.07, 6.45) is 0.843. The Balaban J connectivity index is 1.31. The fourth-order valence-electron chi connectivity index (χ4n) is 3.79. The van der Waals surface area contributed by atoms with Crippen molar-refractivity contribution in [2.24, 2.45) is 11.0 Å². The molecule has 2 atom stereocenters. The number of nitrogens with one attached hydrogen (secondary N) is 2. The van der Waals surface area contributed by atoms with Crippen molar-refractivity contribution in [2.75, 3.05) is 5.32 Å². The predicted octanol–water partition coefficient (Wildman–Crippen LogP) is 6.24. The van der Waals surface area contributed by atoms with Crippen LogP contribution >= 0.6 is 15.9 Å². The zero-order valence-electron chi connectivity index (χ0n) is 19.7. The lowest BCUT2D eigenvalue weighted by molar-refractivity contribution is -0.122. The summed E-state index contributed by atoms with van der Waals surface area (Å²) in [5.41, 5.74) is 7.49. The third kappa shape index (κ3) is 5.65. The standard InChI is InChI=1S/C27H28BrN3O3/c1-16(17-7-11-20(12-8-17)29-26(33)23-13-14-24(28)34-23)30-31-25(32)22-15-21(22)18-5-9-19(10-6-18)27(2,3)4/h5-14,21-22H,15H2,1-4H3,(H,29,33)(H,31,32)/b30-16+/t21-,22-/m0/s1. The van der Waals surface area contributed by atoms with E-state index in [1.165, 1.54) is 11.1 Å². The first kappa shape index (κ1) is 24.0. The molecule has 0 spiro atoms. The molecule has 1 aliphatic rings. The van der Waals surface area contributed by atoms with Crippen LogP contribution in [-0.4, -0.2) is 17.5 Å². The summed E-state index contributed by atoms with van der Waals surface area (Å²) in [5, 5.41) is 7.06. The van der Waals surface area contributed by atoms with E-state index >= 15 is 0 Å². The van der Waals surface area contributed by atoms with Crippen LogP contribution in [0.5, 0.6) is 0 Å². The maximum Gasteiger partial charge on any atom is 0.291 e. The van der Waals surface area contributed by atoms with E-state index in [9.17, 15) is 9.59 Å². The quantitative estimate of drug-likeness (QED) is 0.297. The molecule has 7 heteroatoms. The number of hydrazone groups is 1. The first-order valence-electron chi connectivity index (χ1n) is 11.2. The van der Waals surface area contributed by atoms with Crippen LogP contribution in [0.25, 0.3) is 0 Å². The van der Waals surface area contributed by atoms with E-state index in [0.717, 1.165) is 12.0 Å². The van der Waals surface area contributed by atoms with E-state index in [-0.39, 0.29) is 34.8 Å². The average molecular weight is 522 g/mol. The second-order valence-corrected chi connectivity index (χ2v) is 10.4. The molecule has 0 bridgehead atoms. The fourth-order valence-corrected chi connectivity index (χ4v) is 4.10. The molecule has 34 heavy (non-hydrogen) atoms. The SMILES string of the molecule is C/C(=N\NC(=O)[C@H]1C[C@H]1c1ccc(C(C)(C)C)cc1)c1ccc(NC(=O)c2ccc(Br)o2)cc1. The second kappa shape index (κ2) is 9.58. The van der Waals surface area contributed by atoms with Gasteiger partial charge < -0.3 is 9.73 Å². The molecule has 0 saturated heterocycles. The molecule has 0 unspecified atom stereocenters. The zero-order valence-corrected chi connectivity index (χ0v) is 21.3. The summed E-state index contributed by atoms with van der Waals surface area (Å²) >= 11 is 3.18. The summed E-state index contributed by atoms with van der Waals surface area (Å²) in [6.45, 7) is 8.42. The molecule has 176 valence electrons. The van der Waals surface area contributed by atoms with Gasteiger partial charge in [-0.15, -0.1) is 0 Å². The minimum Gasteiger partial charge on any atom is -0.444 e. The third-order valence-electron chi connectivity index (χ3n) is 6.02. The van der Waals surface area contributed by atoms with Crippen molar-refractivity contribution in [2.45, 2.75) is 45.4 Å². The molecule has 3 aromatic rings. The van der Waals surface area contributed by atoms with Gasteiger partial charge in [-0.25, -0.2) is 5.43 Å². The number of anilines is 1. The maximum absolute atomic E-state index is 12.6. The predicted molar refractivity (Wildman–Crippen MR) is 137 cm³/mol. The molecule has 2 amide bonds. The van der Waals surface area contributed by atoms with Gasteiger partial charge in [-0.1, -0.05) is 57.2 Å². The van der Waals surface area contributed by atoms with E-state index in [2.05, 4.69) is 76.8 Å². The van der Waals surface area contributed by atoms with Crippen LogP contribution < -0.4 is 10.7 Å². The molecule has 4 rings (SSSR count). The minimum atomic E-state index is -0.330. The summed E-state index contributed by atoms with van der Waals surface area (Å²) in [4.78, 5) is 24.8. The van der Waals surface area contributed by atoms with E-state index in [4.69, 9.17) is 4.42 Å². The molecule has 1 heterocycles. The van der Waals surface area contributed by atoms with E-state index in [0.29, 0.717) is 16.1 Å². The molecule has 1 aromatic heterocycles. The topological polar surface area (TPSA) is 83.7 Å². The fraction of sp³-hybridized carbons (Fsp3) is 0.296. The lowest BCUT2D eigenvalue weighted by Gasteiger charge is -2.19. The van der Waals surface area contributed by atoms with E-state index in [1.807, 2.05) is 19.1 Å². The highest BCUT2D eigenvalue weighted by molar-refractivity contribution is 9.10. The van der Waals surface area contributed by atoms with Crippen LogP contribution in [0.2, 0.25) is 0 Å². The Kier molecular flexibility index (Phi) is 6.75. The molecule has 1 saturated carbocycles. The van der Waals surface area contributed by atoms with Gasteiger partial charge in [0.15, 0.2) is 10.4 Å². The first-order valence-corrected chi connectivity index (χ1v) is 12.0. The van der Waals surface area contributed by atoms with Gasteiger partial charge in [0, 0.05) is 11.6 Å². The van der Waals surface area contributed by atoms with Crippen molar-refractivity contribution in [3.8, 4) is 0 Å². The Hall–Kier alpha value is -3.19. The Bertz CT molecular complexity index is 1220. The van der Waals surface area contributed by atoms with Crippen molar-refractivity contribution < 1.29 is 14.0 Å². The molecule has 0 aliphatic heterocycles. The van der Waals surface area contributed by atoms with Crippen LogP contribution in [0, 0.1) is 5.92 Å². The van der Waals surface area contributed by atoms with Crippen LogP contribution in [-0.2, 0) is 10.2 Å². The third-order valence-corrected chi connectivity index (χ3v) is 6.45. The average Bonchev–Trinajstić information content (AvgIpc) is 3.50. The van der Waals surface area contributed by atoms with Gasteiger partial charge in [-0.2, -0.15) is 5.10 Å². The summed E-state index contributed by atoms with van der Waals surface area (Å²) in [5.74, 6) is 0.0410. The van der Waals surface area contributed by atoms with Gasteiger partial charge >= 0.3 is 0 Å². The van der Waals surface area contributed by atoms with Gasteiger partial charge in [0.25, 0.3) is 5.91 Å². The molecular weight excluding hydrogens is 494 g/mol. The number of furan rings is 1. The molecule has 2 aromatic carbocycles. The largest absolute Gasteiger partial charge is 0.444 e. The number of carbonyl (C=O) groups excluding carboxylic acids is 2.